The average molecular weight is 366 g/mol. The molecule has 0 N–H and O–H groups in total. The van der Waals surface area contributed by atoms with Crippen LogP contribution >= 0.6 is 0 Å². The molecule has 1 atom stereocenters. The summed E-state index contributed by atoms with van der Waals surface area (Å²) in [5, 5.41) is 11.4. The van der Waals surface area contributed by atoms with E-state index in [1.807, 2.05) is 0 Å². The van der Waals surface area contributed by atoms with Crippen molar-refractivity contribution in [2.75, 3.05) is 33.9 Å². The number of rotatable bonds is 6. The van der Waals surface area contributed by atoms with E-state index in [0.29, 0.717) is 19.4 Å². The fourth-order valence-electron chi connectivity index (χ4n) is 2.98. The molecule has 142 valence electrons. The Bertz CT molecular complexity index is 705. The Morgan fingerprint density at radius 3 is 2.50 bits per heavy atom. The Labute approximate surface area is 151 Å². The zero-order chi connectivity index (χ0) is 19.3. The number of nitrogens with zero attached hydrogens (tertiary/aromatic N) is 2. The Balaban J connectivity index is 2.33. The molecule has 1 aromatic rings. The van der Waals surface area contributed by atoms with Gasteiger partial charge in [-0.1, -0.05) is 0 Å². The van der Waals surface area contributed by atoms with E-state index in [9.17, 15) is 19.7 Å². The number of hydrogen-bond acceptors (Lipinski definition) is 7. The first-order valence-corrected chi connectivity index (χ1v) is 8.29. The summed E-state index contributed by atoms with van der Waals surface area (Å²) in [7, 11) is 2.74. The van der Waals surface area contributed by atoms with Gasteiger partial charge in [0.1, 0.15) is 5.56 Å². The van der Waals surface area contributed by atoms with E-state index < -0.39 is 16.7 Å². The van der Waals surface area contributed by atoms with E-state index in [1.165, 1.54) is 31.3 Å². The van der Waals surface area contributed by atoms with Crippen molar-refractivity contribution in [3.63, 3.8) is 0 Å². The summed E-state index contributed by atoms with van der Waals surface area (Å²) in [5.74, 6) is -0.912. The van der Waals surface area contributed by atoms with E-state index in [4.69, 9.17) is 14.2 Å². The molecule has 2 rings (SSSR count). The second-order valence-electron chi connectivity index (χ2n) is 5.82. The number of carbonyl (C=O) groups excluding carboxylic acids is 2. The highest BCUT2D eigenvalue weighted by molar-refractivity contribution is 5.99. The zero-order valence-corrected chi connectivity index (χ0v) is 15.0. The molecule has 0 aliphatic carbocycles. The second kappa shape index (κ2) is 8.50. The normalized spacial score (nSPS) is 16.7. The van der Waals surface area contributed by atoms with Crippen LogP contribution in [0.25, 0.3) is 0 Å². The molecule has 0 aromatic heterocycles. The smallest absolute Gasteiger partial charge is 0.310 e. The van der Waals surface area contributed by atoms with Gasteiger partial charge in [0.05, 0.1) is 37.7 Å². The number of nitro groups is 1. The Morgan fingerprint density at radius 2 is 1.92 bits per heavy atom. The van der Waals surface area contributed by atoms with E-state index >= 15 is 0 Å². The van der Waals surface area contributed by atoms with Crippen LogP contribution in [0.15, 0.2) is 12.1 Å². The van der Waals surface area contributed by atoms with Gasteiger partial charge in [-0.15, -0.1) is 0 Å². The van der Waals surface area contributed by atoms with Crippen molar-refractivity contribution in [1.29, 1.82) is 0 Å². The first-order chi connectivity index (χ1) is 12.4. The Kier molecular flexibility index (Phi) is 6.37. The van der Waals surface area contributed by atoms with Crippen LogP contribution in [0.5, 0.6) is 11.5 Å². The van der Waals surface area contributed by atoms with Gasteiger partial charge in [0.25, 0.3) is 11.6 Å². The number of nitro benzene ring substituents is 1. The average Bonchev–Trinajstić information content (AvgIpc) is 2.66. The molecule has 0 spiro atoms. The number of hydrogen-bond donors (Lipinski definition) is 0. The van der Waals surface area contributed by atoms with Crippen molar-refractivity contribution in [2.45, 2.75) is 19.8 Å². The van der Waals surface area contributed by atoms with Crippen molar-refractivity contribution in [1.82, 2.24) is 4.90 Å². The fraction of sp³-hybridized carbons (Fsp3) is 0.529. The van der Waals surface area contributed by atoms with E-state index in [-0.39, 0.29) is 41.9 Å². The van der Waals surface area contributed by atoms with Crippen LogP contribution in [0.4, 0.5) is 5.69 Å². The van der Waals surface area contributed by atoms with Crippen LogP contribution in [-0.2, 0) is 9.53 Å². The lowest BCUT2D eigenvalue weighted by molar-refractivity contribution is -0.385. The predicted octanol–water partition coefficient (Wildman–Crippen LogP) is 2.03. The Hall–Kier alpha value is -2.84. The maximum atomic E-state index is 12.9. The quantitative estimate of drug-likeness (QED) is 0.430. The topological polar surface area (TPSA) is 108 Å². The first kappa shape index (κ1) is 19.5. The first-order valence-electron chi connectivity index (χ1n) is 8.29. The van der Waals surface area contributed by atoms with Gasteiger partial charge in [-0.05, 0) is 19.8 Å². The van der Waals surface area contributed by atoms with Gasteiger partial charge in [0.2, 0.25) is 0 Å². The van der Waals surface area contributed by atoms with Crippen LogP contribution in [0, 0.1) is 16.0 Å². The maximum Gasteiger partial charge on any atom is 0.310 e. The standard InChI is InChI=1S/C17H22N2O7/c1-4-26-17(21)11-6-5-7-18(10-11)16(20)12-8-14(24-2)15(25-3)9-13(12)19(22)23/h8-9,11H,4-7,10H2,1-3H3/t11-/m0/s1. The van der Waals surface area contributed by atoms with Crippen LogP contribution in [0.2, 0.25) is 0 Å². The van der Waals surface area contributed by atoms with Gasteiger partial charge in [0.15, 0.2) is 11.5 Å². The molecule has 1 fully saturated rings. The van der Waals surface area contributed by atoms with Gasteiger partial charge in [-0.3, -0.25) is 19.7 Å². The number of benzene rings is 1. The molecular formula is C17H22N2O7. The van der Waals surface area contributed by atoms with Crippen LogP contribution < -0.4 is 9.47 Å². The third-order valence-corrected chi connectivity index (χ3v) is 4.26. The molecule has 9 nitrogen and oxygen atoms in total. The lowest BCUT2D eigenvalue weighted by Crippen LogP contribution is -2.43. The highest BCUT2D eigenvalue weighted by Crippen LogP contribution is 2.35. The second-order valence-corrected chi connectivity index (χ2v) is 5.82. The minimum Gasteiger partial charge on any atom is -0.493 e. The minimum absolute atomic E-state index is 0.0999. The number of amides is 1. The number of piperidine rings is 1. The summed E-state index contributed by atoms with van der Waals surface area (Å²) >= 11 is 0. The van der Waals surface area contributed by atoms with Crippen molar-refractivity contribution in [3.8, 4) is 11.5 Å². The summed E-state index contributed by atoms with van der Waals surface area (Å²) in [6.07, 6.45) is 1.24. The molecule has 1 heterocycles. The molecule has 1 amide bonds. The van der Waals surface area contributed by atoms with Gasteiger partial charge in [-0.2, -0.15) is 0 Å². The molecule has 26 heavy (non-hydrogen) atoms. The van der Waals surface area contributed by atoms with E-state index in [2.05, 4.69) is 0 Å². The van der Waals surface area contributed by atoms with Crippen LogP contribution in [-0.4, -0.2) is 55.6 Å². The molecule has 1 aliphatic rings. The summed E-state index contributed by atoms with van der Waals surface area (Å²) < 4.78 is 15.2. The predicted molar refractivity (Wildman–Crippen MR) is 91.5 cm³/mol. The van der Waals surface area contributed by atoms with Crippen molar-refractivity contribution >= 4 is 17.6 Å². The lowest BCUT2D eigenvalue weighted by atomic mass is 9.97. The summed E-state index contributed by atoms with van der Waals surface area (Å²) in [4.78, 5) is 37.1. The molecule has 0 saturated carbocycles. The lowest BCUT2D eigenvalue weighted by Gasteiger charge is -2.31. The molecule has 0 radical (unpaired) electrons. The third-order valence-electron chi connectivity index (χ3n) is 4.26. The number of ether oxygens (including phenoxy) is 3. The summed E-state index contributed by atoms with van der Waals surface area (Å²) in [5.41, 5.74) is -0.469. The highest BCUT2D eigenvalue weighted by Gasteiger charge is 2.33. The monoisotopic (exact) mass is 366 g/mol. The summed E-state index contributed by atoms with van der Waals surface area (Å²) in [6, 6.07) is 2.46. The Morgan fingerprint density at radius 1 is 1.27 bits per heavy atom. The minimum atomic E-state index is -0.637. The number of carbonyl (C=O) groups is 2. The SMILES string of the molecule is CCOC(=O)[C@H]1CCCN(C(=O)c2cc(OC)c(OC)cc2[N+](=O)[O-])C1. The fourth-order valence-corrected chi connectivity index (χ4v) is 2.98. The van der Waals surface area contributed by atoms with E-state index in [0.717, 1.165) is 0 Å². The van der Waals surface area contributed by atoms with Gasteiger partial charge in [0, 0.05) is 19.2 Å². The molecule has 0 bridgehead atoms. The number of esters is 1. The number of methoxy groups -OCH3 is 2. The van der Waals surface area contributed by atoms with Crippen molar-refractivity contribution in [3.05, 3.63) is 27.8 Å². The number of likely N-dealkylation sites (tertiary alicyclic amines) is 1. The maximum absolute atomic E-state index is 12.9. The van der Waals surface area contributed by atoms with Gasteiger partial charge in [-0.25, -0.2) is 0 Å². The summed E-state index contributed by atoms with van der Waals surface area (Å²) in [6.45, 7) is 2.57. The van der Waals surface area contributed by atoms with Crippen LogP contribution in [0.1, 0.15) is 30.1 Å². The van der Waals surface area contributed by atoms with Crippen molar-refractivity contribution < 1.29 is 28.7 Å². The highest BCUT2D eigenvalue weighted by atomic mass is 16.6. The third kappa shape index (κ3) is 4.04. The van der Waals surface area contributed by atoms with Crippen LogP contribution in [0.3, 0.4) is 0 Å². The molecular weight excluding hydrogens is 344 g/mol. The van der Waals surface area contributed by atoms with Gasteiger partial charge >= 0.3 is 5.97 Å². The van der Waals surface area contributed by atoms with E-state index in [1.54, 1.807) is 6.92 Å². The molecule has 1 aromatic carbocycles. The molecule has 1 aliphatic heterocycles. The molecule has 1 saturated heterocycles. The largest absolute Gasteiger partial charge is 0.493 e. The molecule has 0 unspecified atom stereocenters. The van der Waals surface area contributed by atoms with Gasteiger partial charge < -0.3 is 19.1 Å². The molecule has 9 heteroatoms. The zero-order valence-electron chi connectivity index (χ0n) is 15.0. The van der Waals surface area contributed by atoms with Crippen molar-refractivity contribution in [2.24, 2.45) is 5.92 Å².